The average molecular weight is 357 g/mol. The van der Waals surface area contributed by atoms with Gasteiger partial charge >= 0.3 is 5.97 Å². The topological polar surface area (TPSA) is 75.2 Å². The molecule has 2 N–H and O–H groups in total. The first-order valence-electron chi connectivity index (χ1n) is 7.41. The van der Waals surface area contributed by atoms with E-state index in [1.54, 1.807) is 26.0 Å². The van der Waals surface area contributed by atoms with Gasteiger partial charge in [-0.3, -0.25) is 4.79 Å². The molecule has 124 valence electrons. The predicted molar refractivity (Wildman–Crippen MR) is 89.0 cm³/mol. The Bertz CT molecular complexity index is 748. The maximum absolute atomic E-state index is 11.4. The minimum Gasteiger partial charge on any atom is -0.481 e. The molecule has 1 fully saturated rings. The zero-order valence-electron chi connectivity index (χ0n) is 13.1. The molecule has 23 heavy (non-hydrogen) atoms. The molecule has 0 spiro atoms. The van der Waals surface area contributed by atoms with Crippen LogP contribution in [-0.4, -0.2) is 26.6 Å². The maximum Gasteiger partial charge on any atom is 0.309 e. The first-order valence-corrected chi connectivity index (χ1v) is 8.16. The van der Waals surface area contributed by atoms with Gasteiger partial charge in [0.2, 0.25) is 0 Å². The molecule has 2 unspecified atom stereocenters. The number of aromatic amines is 1. The largest absolute Gasteiger partial charge is 0.481 e. The van der Waals surface area contributed by atoms with E-state index < -0.39 is 23.1 Å². The quantitative estimate of drug-likeness (QED) is 0.837. The van der Waals surface area contributed by atoms with Gasteiger partial charge in [0.25, 0.3) is 0 Å². The van der Waals surface area contributed by atoms with Gasteiger partial charge in [0.05, 0.1) is 32.6 Å². The SMILES string of the molecule is CC1(c2nc3cc(Cl)c(Cl)cc3[nH]2)CCC(C(=O)O)C(C)(C)O1. The Morgan fingerprint density at radius 1 is 1.35 bits per heavy atom. The zero-order chi connectivity index (χ0) is 17.0. The number of fused-ring (bicyclic) bond motifs is 1. The summed E-state index contributed by atoms with van der Waals surface area (Å²) in [6, 6.07) is 3.43. The Morgan fingerprint density at radius 3 is 2.61 bits per heavy atom. The molecule has 2 heterocycles. The predicted octanol–water partition coefficient (Wildman–Crippen LogP) is 4.37. The van der Waals surface area contributed by atoms with Crippen LogP contribution < -0.4 is 0 Å². The van der Waals surface area contributed by atoms with Crippen molar-refractivity contribution >= 4 is 40.2 Å². The molecule has 1 saturated heterocycles. The molecular weight excluding hydrogens is 339 g/mol. The number of aliphatic carboxylic acids is 1. The van der Waals surface area contributed by atoms with Gasteiger partial charge in [-0.1, -0.05) is 23.2 Å². The molecule has 2 aromatic rings. The van der Waals surface area contributed by atoms with E-state index in [9.17, 15) is 9.90 Å². The first kappa shape index (κ1) is 16.6. The lowest BCUT2D eigenvalue weighted by Crippen LogP contribution is -2.50. The Labute approximate surface area is 143 Å². The third kappa shape index (κ3) is 2.82. The van der Waals surface area contributed by atoms with Crippen molar-refractivity contribution in [3.63, 3.8) is 0 Å². The molecule has 3 rings (SSSR count). The highest BCUT2D eigenvalue weighted by Gasteiger charge is 2.48. The molecule has 1 aliphatic rings. The smallest absolute Gasteiger partial charge is 0.309 e. The molecule has 2 atom stereocenters. The van der Waals surface area contributed by atoms with Gasteiger partial charge in [-0.15, -0.1) is 0 Å². The van der Waals surface area contributed by atoms with E-state index in [1.807, 2.05) is 6.92 Å². The van der Waals surface area contributed by atoms with Crippen LogP contribution in [0.1, 0.15) is 39.4 Å². The number of nitrogens with zero attached hydrogens (tertiary/aromatic N) is 1. The van der Waals surface area contributed by atoms with E-state index >= 15 is 0 Å². The Morgan fingerprint density at radius 2 is 2.00 bits per heavy atom. The summed E-state index contributed by atoms with van der Waals surface area (Å²) in [6.07, 6.45) is 1.09. The van der Waals surface area contributed by atoms with Gasteiger partial charge < -0.3 is 14.8 Å². The summed E-state index contributed by atoms with van der Waals surface area (Å²) in [5.41, 5.74) is 0.00957. The van der Waals surface area contributed by atoms with E-state index in [0.29, 0.717) is 34.2 Å². The van der Waals surface area contributed by atoms with Crippen LogP contribution >= 0.6 is 23.2 Å². The summed E-state index contributed by atoms with van der Waals surface area (Å²) in [5.74, 6) is -0.716. The summed E-state index contributed by atoms with van der Waals surface area (Å²) >= 11 is 12.1. The van der Waals surface area contributed by atoms with Crippen molar-refractivity contribution in [2.24, 2.45) is 5.92 Å². The van der Waals surface area contributed by atoms with Crippen LogP contribution in [0.5, 0.6) is 0 Å². The third-order valence-corrected chi connectivity index (χ3v) is 5.28. The molecule has 5 nitrogen and oxygen atoms in total. The van der Waals surface area contributed by atoms with Gasteiger partial charge in [-0.2, -0.15) is 0 Å². The number of ether oxygens (including phenoxy) is 1. The number of benzene rings is 1. The fraction of sp³-hybridized carbons (Fsp3) is 0.500. The molecule has 0 saturated carbocycles. The molecular formula is C16H18Cl2N2O3. The van der Waals surface area contributed by atoms with Gasteiger partial charge in [-0.05, 0) is 45.7 Å². The van der Waals surface area contributed by atoms with Crippen molar-refractivity contribution in [1.29, 1.82) is 0 Å². The number of aromatic nitrogens is 2. The van der Waals surface area contributed by atoms with Crippen molar-refractivity contribution in [3.05, 3.63) is 28.0 Å². The monoisotopic (exact) mass is 356 g/mol. The maximum atomic E-state index is 11.4. The molecule has 7 heteroatoms. The second-order valence-corrected chi connectivity index (χ2v) is 7.55. The number of carboxylic acids is 1. The number of imidazole rings is 1. The minimum absolute atomic E-state index is 0.443. The Balaban J connectivity index is 1.99. The van der Waals surface area contributed by atoms with E-state index in [2.05, 4.69) is 9.97 Å². The lowest BCUT2D eigenvalue weighted by atomic mass is 9.79. The highest BCUT2D eigenvalue weighted by molar-refractivity contribution is 6.42. The van der Waals surface area contributed by atoms with E-state index in [1.165, 1.54) is 0 Å². The summed E-state index contributed by atoms with van der Waals surface area (Å²) in [5, 5.41) is 10.3. The van der Waals surface area contributed by atoms with E-state index in [-0.39, 0.29) is 0 Å². The minimum atomic E-state index is -0.833. The van der Waals surface area contributed by atoms with Crippen LogP contribution in [0, 0.1) is 5.92 Å². The van der Waals surface area contributed by atoms with Crippen LogP contribution in [0.2, 0.25) is 10.0 Å². The fourth-order valence-electron chi connectivity index (χ4n) is 3.31. The number of halogens is 2. The van der Waals surface area contributed by atoms with Gasteiger partial charge in [-0.25, -0.2) is 4.98 Å². The van der Waals surface area contributed by atoms with Crippen molar-refractivity contribution in [2.75, 3.05) is 0 Å². The standard InChI is InChI=1S/C16H18Cl2N2O3/c1-15(2)8(13(21)22)4-5-16(3,23-15)14-19-11-6-9(17)10(18)7-12(11)20-14/h6-8H,4-5H2,1-3H3,(H,19,20)(H,21,22). The summed E-state index contributed by atoms with van der Waals surface area (Å²) in [4.78, 5) is 19.2. The number of hydrogen-bond donors (Lipinski definition) is 2. The summed E-state index contributed by atoms with van der Waals surface area (Å²) in [7, 11) is 0. The second kappa shape index (κ2) is 5.36. The van der Waals surface area contributed by atoms with Crippen molar-refractivity contribution in [2.45, 2.75) is 44.8 Å². The van der Waals surface area contributed by atoms with Crippen molar-refractivity contribution in [3.8, 4) is 0 Å². The van der Waals surface area contributed by atoms with Gasteiger partial charge in [0, 0.05) is 0 Å². The van der Waals surface area contributed by atoms with E-state index in [0.717, 1.165) is 5.52 Å². The highest BCUT2D eigenvalue weighted by Crippen LogP contribution is 2.44. The fourth-order valence-corrected chi connectivity index (χ4v) is 3.63. The number of carboxylic acid groups (broad SMARTS) is 1. The summed E-state index contributed by atoms with van der Waals surface area (Å²) in [6.45, 7) is 5.53. The molecule has 0 aliphatic carbocycles. The second-order valence-electron chi connectivity index (χ2n) is 6.73. The van der Waals surface area contributed by atoms with Gasteiger partial charge in [0.15, 0.2) is 0 Å². The number of H-pyrrole nitrogens is 1. The number of nitrogens with one attached hydrogen (secondary N) is 1. The van der Waals surface area contributed by atoms with Crippen LogP contribution in [-0.2, 0) is 15.1 Å². The van der Waals surface area contributed by atoms with Crippen LogP contribution in [0.15, 0.2) is 12.1 Å². The van der Waals surface area contributed by atoms with E-state index in [4.69, 9.17) is 27.9 Å². The number of rotatable bonds is 2. The number of hydrogen-bond acceptors (Lipinski definition) is 3. The van der Waals surface area contributed by atoms with Gasteiger partial charge in [0.1, 0.15) is 11.4 Å². The summed E-state index contributed by atoms with van der Waals surface area (Å²) < 4.78 is 6.17. The lowest BCUT2D eigenvalue weighted by molar-refractivity contribution is -0.209. The zero-order valence-corrected chi connectivity index (χ0v) is 14.6. The highest BCUT2D eigenvalue weighted by atomic mass is 35.5. The first-order chi connectivity index (χ1) is 10.6. The molecule has 1 aromatic carbocycles. The number of carbonyl (C=O) groups is 1. The average Bonchev–Trinajstić information content (AvgIpc) is 2.81. The van der Waals surface area contributed by atoms with Crippen molar-refractivity contribution in [1.82, 2.24) is 9.97 Å². The molecule has 0 amide bonds. The Kier molecular flexibility index (Phi) is 3.86. The normalized spacial score (nSPS) is 27.3. The lowest BCUT2D eigenvalue weighted by Gasteiger charge is -2.45. The molecule has 1 aromatic heterocycles. The van der Waals surface area contributed by atoms with Crippen LogP contribution in [0.3, 0.4) is 0 Å². The molecule has 1 aliphatic heterocycles. The van der Waals surface area contributed by atoms with Crippen molar-refractivity contribution < 1.29 is 14.6 Å². The van der Waals surface area contributed by atoms with Crippen LogP contribution in [0.4, 0.5) is 0 Å². The molecule has 0 radical (unpaired) electrons. The van der Waals surface area contributed by atoms with Crippen LogP contribution in [0.25, 0.3) is 11.0 Å². The Hall–Kier alpha value is -1.30. The third-order valence-electron chi connectivity index (χ3n) is 4.56. The molecule has 0 bridgehead atoms.